The fourth-order valence-corrected chi connectivity index (χ4v) is 15.2. The lowest BCUT2D eigenvalue weighted by Gasteiger charge is -2.15. The molecule has 11 aromatic carbocycles. The largest absolute Gasteiger partial charge is 1.00 e. The standard InChI is InChI=1S/C29H34N2O2Si.C23H20N2O.C22H18N2O.C21H25IN2OSi.C5H5N.ClH/c1-22-25(12-9-13-29(22)32-2)24-15-17-28-26(20-24)27(16-14-23-10-7-6-8-11-23)30-31(28)21-33-18-19-34(3,4)5;1-16-19(9-6-10-23(16)26-2)18-12-14-22-20(15-18)21(24-25-22)13-11-17-7-4-3-5-8-17;1-15-18(8-5-9-22(15)25)17-11-13-21-19(14-17)20(23-24-21)12-10-16-6-3-2-4-7-16;1-26(2,3)14-13-25-16-24-21-12-10-18(22)15-19(21)20(23-24)11-9-17-7-5-4-6-8-17;1-2-4-6-5-3-1;/h6-17,20H,18-19,21H2,1-5H3;3-15H,1-2H3,(H,24,25);2-14,25H,1H3,(H,23,24);4-12,15H,13-14,16H2,1-3H3;1-5H;1H/b16-14+;13-11+;12-10+;11-9+;;. The lowest BCUT2D eigenvalue weighted by atomic mass is 9.98. The van der Waals surface area contributed by atoms with Gasteiger partial charge in [0.15, 0.2) is 12.4 Å². The Bertz CT molecular complexity index is 6010. The molecule has 5 heterocycles. The first kappa shape index (κ1) is 87.0. The Morgan fingerprint density at radius 2 is 0.746 bits per heavy atom. The van der Waals surface area contributed by atoms with Crippen LogP contribution in [-0.4, -0.2) is 88.6 Å². The summed E-state index contributed by atoms with van der Waals surface area (Å²) in [4.78, 5) is 2.89. The topological polar surface area (TPSA) is 164 Å². The minimum absolute atomic E-state index is 0. The van der Waals surface area contributed by atoms with E-state index in [0.717, 1.165) is 153 Å². The van der Waals surface area contributed by atoms with Crippen LogP contribution in [0.3, 0.4) is 0 Å². The zero-order valence-corrected chi connectivity index (χ0v) is 73.9. The lowest BCUT2D eigenvalue weighted by Crippen LogP contribution is -3.00. The van der Waals surface area contributed by atoms with Gasteiger partial charge >= 0.3 is 0 Å². The monoisotopic (exact) mass is 1730 g/mol. The molecule has 0 aliphatic heterocycles. The number of phenolic OH excluding ortho intramolecular Hbond substituents is 1. The molecule has 0 aliphatic carbocycles. The number of aromatic hydroxyl groups is 1. The highest BCUT2D eigenvalue weighted by molar-refractivity contribution is 14.1. The number of aromatic nitrogens is 9. The van der Waals surface area contributed by atoms with E-state index >= 15 is 0 Å². The molecule has 0 unspecified atom stereocenters. The summed E-state index contributed by atoms with van der Waals surface area (Å²) in [6, 6.07) is 92.7. The highest BCUT2D eigenvalue weighted by Gasteiger charge is 2.19. The van der Waals surface area contributed by atoms with E-state index in [1.54, 1.807) is 20.3 Å². The van der Waals surface area contributed by atoms with Gasteiger partial charge in [-0.25, -0.2) is 14.3 Å². The van der Waals surface area contributed by atoms with E-state index in [0.29, 0.717) is 19.2 Å². The predicted octanol–water partition coefficient (Wildman–Crippen LogP) is 22.3. The summed E-state index contributed by atoms with van der Waals surface area (Å²) >= 11 is 2.35. The molecule has 118 heavy (non-hydrogen) atoms. The summed E-state index contributed by atoms with van der Waals surface area (Å²) in [5.41, 5.74) is 22.5. The van der Waals surface area contributed by atoms with Gasteiger partial charge in [0.1, 0.15) is 30.7 Å². The predicted molar refractivity (Wildman–Crippen MR) is 502 cm³/mol. The maximum Gasteiger partial charge on any atom is 0.166 e. The van der Waals surface area contributed by atoms with E-state index in [-0.39, 0.29) is 12.4 Å². The molecule has 0 radical (unpaired) electrons. The molecule has 0 spiro atoms. The second-order valence-electron chi connectivity index (χ2n) is 30.9. The number of hydrogen-bond donors (Lipinski definition) is 3. The number of H-pyrrole nitrogens is 3. The molecular weight excluding hydrogens is 1630 g/mol. The fraction of sp³-hybridized carbons (Fsp3) is 0.170. The van der Waals surface area contributed by atoms with Gasteiger partial charge in [-0.3, -0.25) is 10.2 Å². The second-order valence-corrected chi connectivity index (χ2v) is 43.4. The molecule has 0 saturated carbocycles. The van der Waals surface area contributed by atoms with Gasteiger partial charge in [-0.2, -0.15) is 20.4 Å². The van der Waals surface area contributed by atoms with E-state index < -0.39 is 16.1 Å². The van der Waals surface area contributed by atoms with Crippen LogP contribution in [0.1, 0.15) is 61.7 Å². The van der Waals surface area contributed by atoms with Crippen molar-refractivity contribution in [2.24, 2.45) is 0 Å². The summed E-state index contributed by atoms with van der Waals surface area (Å²) in [7, 11) is 1.23. The summed E-state index contributed by atoms with van der Waals surface area (Å²) in [6.07, 6.45) is 20.4. The van der Waals surface area contributed by atoms with Crippen molar-refractivity contribution in [1.82, 2.24) is 40.0 Å². The summed E-state index contributed by atoms with van der Waals surface area (Å²) in [5.74, 6) is 2.11. The minimum atomic E-state index is -1.13. The number of fused-ring (bicyclic) bond motifs is 4. The number of nitrogens with zero attached hydrogens (tertiary/aromatic N) is 6. The van der Waals surface area contributed by atoms with E-state index in [4.69, 9.17) is 29.1 Å². The molecule has 0 bridgehead atoms. The first-order valence-corrected chi connectivity index (χ1v) is 47.9. The molecule has 5 aromatic heterocycles. The van der Waals surface area contributed by atoms with Crippen molar-refractivity contribution in [3.63, 3.8) is 0 Å². The van der Waals surface area contributed by atoms with Crippen molar-refractivity contribution in [3.05, 3.63) is 345 Å². The quantitative estimate of drug-likeness (QED) is 0.0321. The summed E-state index contributed by atoms with van der Waals surface area (Å²) < 4.78 is 28.1. The Balaban J connectivity index is 0.000000151. The Morgan fingerprint density at radius 3 is 1.13 bits per heavy atom. The molecule has 0 fully saturated rings. The van der Waals surface area contributed by atoms with Crippen molar-refractivity contribution in [1.29, 1.82) is 0 Å². The van der Waals surface area contributed by atoms with Crippen LogP contribution in [0.4, 0.5) is 0 Å². The zero-order valence-electron chi connectivity index (χ0n) is 68.9. The van der Waals surface area contributed by atoms with Gasteiger partial charge < -0.3 is 36.5 Å². The van der Waals surface area contributed by atoms with E-state index in [2.05, 4.69) is 265 Å². The second kappa shape index (κ2) is 42.4. The summed E-state index contributed by atoms with van der Waals surface area (Å²) in [6.45, 7) is 22.9. The zero-order chi connectivity index (χ0) is 82.1. The molecule has 14 nitrogen and oxygen atoms in total. The van der Waals surface area contributed by atoms with Gasteiger partial charge in [-0.05, 0) is 225 Å². The van der Waals surface area contributed by atoms with Gasteiger partial charge in [-0.1, -0.05) is 246 Å². The fourth-order valence-electron chi connectivity index (χ4n) is 13.2. The normalized spacial score (nSPS) is 11.5. The average Bonchev–Trinajstić information content (AvgIpc) is 1.63. The van der Waals surface area contributed by atoms with Crippen LogP contribution < -0.4 is 26.9 Å². The number of hydrogen-bond acceptors (Lipinski definition) is 9. The SMILES string of the molecule is COc1cccc(-c2ccc3[nH]nc(/C=C/c4ccccc4)c3c2)c1C.COc1cccc(-c2ccc3c(c2)c(/C=C/c2ccccc2)nn3COCC[Si](C)(C)C)c1C.C[Si](C)(C)CCOCn1nc(/C=C/c2ccccc2)c2cc(I)ccc21.Cc1c(O)cccc1-c1ccc2[nH]nc(/C=C/c3ccccc3)c2c1.[Cl-].c1cc[nH+]cc1. The number of rotatable bonds is 23. The Morgan fingerprint density at radius 1 is 0.390 bits per heavy atom. The Kier molecular flexibility index (Phi) is 31.2. The number of benzene rings is 11. The number of ether oxygens (including phenoxy) is 4. The van der Waals surface area contributed by atoms with Crippen molar-refractivity contribution >= 4 is 131 Å². The number of phenols is 1. The van der Waals surface area contributed by atoms with Crippen molar-refractivity contribution in [3.8, 4) is 50.6 Å². The number of methoxy groups -OCH3 is 2. The van der Waals surface area contributed by atoms with Crippen LogP contribution in [0.25, 0.3) is 126 Å². The molecule has 0 atom stereocenters. The molecule has 0 saturated heterocycles. The van der Waals surface area contributed by atoms with E-state index in [9.17, 15) is 5.11 Å². The molecule has 600 valence electrons. The first-order chi connectivity index (χ1) is 56.8. The molecular formula is C100H103ClIN9O5Si2. The lowest BCUT2D eigenvalue weighted by molar-refractivity contribution is -0.378. The smallest absolute Gasteiger partial charge is 0.166 e. The molecule has 18 heteroatoms. The third-order valence-electron chi connectivity index (χ3n) is 19.9. The first-order valence-electron chi connectivity index (χ1n) is 39.5. The van der Waals surface area contributed by atoms with Crippen LogP contribution in [0, 0.1) is 24.3 Å². The molecule has 4 N–H and O–H groups in total. The molecule has 0 aliphatic rings. The highest BCUT2D eigenvalue weighted by Crippen LogP contribution is 2.37. The number of nitrogens with one attached hydrogen (secondary N) is 3. The van der Waals surface area contributed by atoms with Crippen molar-refractivity contribution in [2.45, 2.75) is 85.6 Å². The minimum Gasteiger partial charge on any atom is -1.00 e. The molecule has 16 aromatic rings. The van der Waals surface area contributed by atoms with Crippen LogP contribution in [0.2, 0.25) is 51.4 Å². The maximum atomic E-state index is 9.97. The van der Waals surface area contributed by atoms with Gasteiger partial charge in [0, 0.05) is 66.6 Å². The Labute approximate surface area is 715 Å². The third kappa shape index (κ3) is 24.2. The highest BCUT2D eigenvalue weighted by atomic mass is 127. The van der Waals surface area contributed by atoms with E-state index in [1.165, 1.54) is 26.3 Å². The van der Waals surface area contributed by atoms with Gasteiger partial charge in [0.2, 0.25) is 0 Å². The van der Waals surface area contributed by atoms with Gasteiger partial charge in [0.25, 0.3) is 0 Å². The van der Waals surface area contributed by atoms with Crippen LogP contribution in [0.15, 0.2) is 279 Å². The maximum absolute atomic E-state index is 9.97. The summed E-state index contributed by atoms with van der Waals surface area (Å²) in [5, 5.41) is 39.2. The van der Waals surface area contributed by atoms with Crippen LogP contribution in [0.5, 0.6) is 17.2 Å². The van der Waals surface area contributed by atoms with Crippen LogP contribution in [-0.2, 0) is 22.9 Å². The average molecular weight is 1730 g/mol. The van der Waals surface area contributed by atoms with E-state index in [1.807, 2.05) is 174 Å². The Hall–Kier alpha value is -11.8. The third-order valence-corrected chi connectivity index (χ3v) is 24.0. The number of aromatic amines is 3. The molecule has 0 amide bonds. The van der Waals surface area contributed by atoms with Crippen molar-refractivity contribution in [2.75, 3.05) is 27.4 Å². The van der Waals surface area contributed by atoms with Crippen LogP contribution >= 0.6 is 22.6 Å². The van der Waals surface area contributed by atoms with Crippen molar-refractivity contribution < 1.29 is 41.4 Å². The number of halogens is 2. The number of pyridine rings is 1. The molecule has 16 rings (SSSR count). The van der Waals surface area contributed by atoms with Gasteiger partial charge in [-0.15, -0.1) is 0 Å². The van der Waals surface area contributed by atoms with Gasteiger partial charge in [0.05, 0.1) is 59.1 Å².